The highest BCUT2D eigenvalue weighted by Gasteiger charge is 2.09. The summed E-state index contributed by atoms with van der Waals surface area (Å²) >= 11 is 0. The fraction of sp³-hybridized carbons (Fsp3) is 0.100. The summed E-state index contributed by atoms with van der Waals surface area (Å²) in [7, 11) is 0. The van der Waals surface area contributed by atoms with Crippen molar-refractivity contribution in [3.63, 3.8) is 0 Å². The Morgan fingerprint density at radius 2 is 1.14 bits per heavy atom. The molecule has 0 atom stereocenters. The maximum atomic E-state index is 12.4. The Balaban J connectivity index is 2.08. The van der Waals surface area contributed by atoms with E-state index in [-0.39, 0.29) is 11.5 Å². The van der Waals surface area contributed by atoms with Gasteiger partial charge >= 0.3 is 0 Å². The lowest BCUT2D eigenvalue weighted by atomic mass is 9.97. The van der Waals surface area contributed by atoms with E-state index in [1.165, 1.54) is 12.1 Å². The first-order valence-electron chi connectivity index (χ1n) is 7.21. The van der Waals surface area contributed by atoms with Gasteiger partial charge in [0.2, 0.25) is 0 Å². The lowest BCUT2D eigenvalue weighted by Gasteiger charge is -2.16. The molecule has 0 unspecified atom stereocenters. The summed E-state index contributed by atoms with van der Waals surface area (Å²) in [5.74, 6) is -0.252. The summed E-state index contributed by atoms with van der Waals surface area (Å²) in [4.78, 5) is 0. The van der Waals surface area contributed by atoms with E-state index in [9.17, 15) is 10.2 Å². The Hall–Kier alpha value is -2.74. The van der Waals surface area contributed by atoms with Gasteiger partial charge in [-0.1, -0.05) is 65.7 Å². The first-order chi connectivity index (χ1) is 10.5. The normalized spacial score (nSPS) is 10.6. The summed E-state index contributed by atoms with van der Waals surface area (Å²) < 4.78 is 0. The van der Waals surface area contributed by atoms with Gasteiger partial charge in [-0.3, -0.25) is 5.11 Å². The molecule has 0 aliphatic rings. The van der Waals surface area contributed by atoms with Crippen LogP contribution >= 0.6 is 0 Å². The van der Waals surface area contributed by atoms with E-state index in [2.05, 4.69) is 0 Å². The van der Waals surface area contributed by atoms with Crippen LogP contribution in [0.2, 0.25) is 0 Å². The largest absolute Gasteiger partial charge is 0.872 e. The molecule has 0 saturated heterocycles. The van der Waals surface area contributed by atoms with Crippen LogP contribution < -0.4 is 5.11 Å². The Kier molecular flexibility index (Phi) is 3.60. The van der Waals surface area contributed by atoms with Gasteiger partial charge < -0.3 is 5.11 Å². The standard InChI is InChI=1S/C20H17O2/c1-13-3-7-15(8-4-13)17-11-20(22)18(12-19(17)21)16-9-5-14(2)6-10-16/h3-12,21H,1-2H3/p-1. The molecule has 0 heterocycles. The van der Waals surface area contributed by atoms with Gasteiger partial charge in [0.1, 0.15) is 0 Å². The second kappa shape index (κ2) is 5.57. The molecule has 0 bridgehead atoms. The number of aryl methyl sites for hydroxylation is 2. The maximum Gasteiger partial charge on any atom is 0.187 e. The van der Waals surface area contributed by atoms with Crippen LogP contribution in [0.15, 0.2) is 60.7 Å². The molecule has 2 heteroatoms. The van der Waals surface area contributed by atoms with Crippen molar-refractivity contribution in [2.24, 2.45) is 0 Å². The van der Waals surface area contributed by atoms with Crippen LogP contribution in [0.4, 0.5) is 0 Å². The molecule has 0 aromatic heterocycles. The number of rotatable bonds is 2. The number of hydrogen-bond acceptors (Lipinski definition) is 1. The molecule has 1 radical (unpaired) electrons. The van der Waals surface area contributed by atoms with Crippen LogP contribution in [0.1, 0.15) is 11.1 Å². The molecule has 0 spiro atoms. The minimum atomic E-state index is -0.126. The Morgan fingerprint density at radius 3 is 1.64 bits per heavy atom. The molecule has 0 fully saturated rings. The van der Waals surface area contributed by atoms with Crippen LogP contribution in [0.25, 0.3) is 22.3 Å². The molecule has 109 valence electrons. The van der Waals surface area contributed by atoms with E-state index in [0.717, 1.165) is 22.3 Å². The third kappa shape index (κ3) is 2.68. The maximum absolute atomic E-state index is 12.4. The monoisotopic (exact) mass is 288 g/mol. The van der Waals surface area contributed by atoms with Crippen LogP contribution in [0.5, 0.6) is 11.5 Å². The molecule has 0 aliphatic carbocycles. The van der Waals surface area contributed by atoms with E-state index in [0.29, 0.717) is 11.1 Å². The van der Waals surface area contributed by atoms with Gasteiger partial charge in [0, 0.05) is 5.56 Å². The molecule has 22 heavy (non-hydrogen) atoms. The fourth-order valence-electron chi connectivity index (χ4n) is 2.48. The molecular weight excluding hydrogens is 272 g/mol. The van der Waals surface area contributed by atoms with Crippen molar-refractivity contribution in [2.45, 2.75) is 13.8 Å². The molecule has 0 amide bonds. The highest BCUT2D eigenvalue weighted by molar-refractivity contribution is 5.80. The predicted octanol–water partition coefficient (Wildman–Crippen LogP) is 4.85. The summed E-state index contributed by atoms with van der Waals surface area (Å²) in [5.41, 5.74) is 4.72. The van der Waals surface area contributed by atoms with Gasteiger partial charge in [0.05, 0.1) is 0 Å². The van der Waals surface area contributed by atoms with Crippen LogP contribution in [-0.2, 0) is 5.11 Å². The quantitative estimate of drug-likeness (QED) is 0.664. The summed E-state index contributed by atoms with van der Waals surface area (Å²) in [6.45, 7) is 3.98. The highest BCUT2D eigenvalue weighted by Crippen LogP contribution is 2.38. The van der Waals surface area contributed by atoms with Gasteiger partial charge in [-0.2, -0.15) is 0 Å². The summed E-state index contributed by atoms with van der Waals surface area (Å²) in [6.07, 6.45) is 0. The van der Waals surface area contributed by atoms with E-state index < -0.39 is 0 Å². The average molecular weight is 288 g/mol. The van der Waals surface area contributed by atoms with Gasteiger partial charge in [-0.05, 0) is 36.6 Å². The molecular formula is C20H16O2-. The van der Waals surface area contributed by atoms with Gasteiger partial charge in [-0.25, -0.2) is 0 Å². The summed E-state index contributed by atoms with van der Waals surface area (Å²) in [6, 6.07) is 18.1. The predicted molar refractivity (Wildman–Crippen MR) is 86.4 cm³/mol. The van der Waals surface area contributed by atoms with E-state index >= 15 is 0 Å². The molecule has 3 aromatic carbocycles. The zero-order valence-corrected chi connectivity index (χ0v) is 12.6. The first-order valence-corrected chi connectivity index (χ1v) is 7.21. The second-order valence-electron chi connectivity index (χ2n) is 5.58. The minimum absolute atomic E-state index is 0.126. The smallest absolute Gasteiger partial charge is 0.187 e. The topological polar surface area (TPSA) is 43.0 Å². The SMILES string of the molecule is Cc1ccc(-c2cc([O-])c(-c3ccc(C)cc3)cc2[O])cc1. The Morgan fingerprint density at radius 1 is 0.682 bits per heavy atom. The van der Waals surface area contributed by atoms with Crippen molar-refractivity contribution in [3.05, 3.63) is 71.8 Å². The third-order valence-corrected chi connectivity index (χ3v) is 3.81. The zero-order valence-electron chi connectivity index (χ0n) is 12.6. The van der Waals surface area contributed by atoms with Crippen molar-refractivity contribution in [2.75, 3.05) is 0 Å². The highest BCUT2D eigenvalue weighted by atomic mass is 16.3. The Bertz CT molecular complexity index is 729. The molecule has 0 saturated carbocycles. The molecule has 3 rings (SSSR count). The molecule has 0 aliphatic heterocycles. The first kappa shape index (κ1) is 14.2. The van der Waals surface area contributed by atoms with Crippen molar-refractivity contribution in [1.82, 2.24) is 0 Å². The van der Waals surface area contributed by atoms with Crippen LogP contribution in [0.3, 0.4) is 0 Å². The summed E-state index contributed by atoms with van der Waals surface area (Å²) in [5, 5.41) is 24.8. The van der Waals surface area contributed by atoms with Gasteiger partial charge in [-0.15, -0.1) is 5.75 Å². The van der Waals surface area contributed by atoms with Crippen molar-refractivity contribution in [3.8, 4) is 33.8 Å². The second-order valence-corrected chi connectivity index (χ2v) is 5.58. The Labute approximate surface area is 130 Å². The molecule has 3 aromatic rings. The van der Waals surface area contributed by atoms with Gasteiger partial charge in [0.25, 0.3) is 0 Å². The third-order valence-electron chi connectivity index (χ3n) is 3.81. The van der Waals surface area contributed by atoms with Crippen molar-refractivity contribution in [1.29, 1.82) is 0 Å². The van der Waals surface area contributed by atoms with Crippen LogP contribution in [-0.4, -0.2) is 0 Å². The molecule has 0 N–H and O–H groups in total. The fourth-order valence-corrected chi connectivity index (χ4v) is 2.48. The lowest BCUT2D eigenvalue weighted by Crippen LogP contribution is -1.95. The van der Waals surface area contributed by atoms with Crippen molar-refractivity contribution >= 4 is 0 Å². The zero-order chi connectivity index (χ0) is 15.7. The van der Waals surface area contributed by atoms with E-state index in [1.807, 2.05) is 62.4 Å². The van der Waals surface area contributed by atoms with Gasteiger partial charge in [0.15, 0.2) is 5.75 Å². The number of benzene rings is 3. The van der Waals surface area contributed by atoms with Crippen molar-refractivity contribution < 1.29 is 10.2 Å². The van der Waals surface area contributed by atoms with E-state index in [1.54, 1.807) is 0 Å². The average Bonchev–Trinajstić information content (AvgIpc) is 2.51. The minimum Gasteiger partial charge on any atom is -0.872 e. The van der Waals surface area contributed by atoms with E-state index in [4.69, 9.17) is 0 Å². The molecule has 2 nitrogen and oxygen atoms in total. The number of hydrogen-bond donors (Lipinski definition) is 0. The van der Waals surface area contributed by atoms with Crippen LogP contribution in [0, 0.1) is 13.8 Å². The lowest BCUT2D eigenvalue weighted by molar-refractivity contribution is -0.267.